The Morgan fingerprint density at radius 2 is 2.16 bits per heavy atom. The second-order valence-corrected chi connectivity index (χ2v) is 7.81. The van der Waals surface area contributed by atoms with Crippen molar-refractivity contribution in [1.82, 2.24) is 19.8 Å². The van der Waals surface area contributed by atoms with E-state index in [0.29, 0.717) is 32.6 Å². The van der Waals surface area contributed by atoms with Crippen molar-refractivity contribution in [3.8, 4) is 11.4 Å². The third-order valence-electron chi connectivity index (χ3n) is 4.28. The predicted molar refractivity (Wildman–Crippen MR) is 101 cm³/mol. The predicted octanol–water partition coefficient (Wildman–Crippen LogP) is 3.46. The second-order valence-electron chi connectivity index (χ2n) is 6.02. The Labute approximate surface area is 160 Å². The number of piperidine rings is 1. The summed E-state index contributed by atoms with van der Waals surface area (Å²) in [6, 6.07) is 5.38. The van der Waals surface area contributed by atoms with Crippen molar-refractivity contribution < 1.29 is 4.79 Å². The van der Waals surface area contributed by atoms with E-state index in [1.165, 1.54) is 22.9 Å². The summed E-state index contributed by atoms with van der Waals surface area (Å²) < 4.78 is 1.35. The lowest BCUT2D eigenvalue weighted by Gasteiger charge is -2.33. The Morgan fingerprint density at radius 3 is 2.88 bits per heavy atom. The molecule has 2 N–H and O–H groups in total. The molecule has 3 rings (SSSR count). The Bertz CT molecular complexity index is 782. The topological polar surface area (TPSA) is 77.0 Å². The van der Waals surface area contributed by atoms with E-state index < -0.39 is 0 Å². The van der Waals surface area contributed by atoms with Gasteiger partial charge in [0.05, 0.1) is 10.8 Å². The number of rotatable bonds is 4. The molecule has 1 amide bonds. The van der Waals surface area contributed by atoms with Crippen molar-refractivity contribution in [3.05, 3.63) is 28.2 Å². The maximum atomic E-state index is 12.4. The van der Waals surface area contributed by atoms with Gasteiger partial charge in [-0.1, -0.05) is 35.0 Å². The van der Waals surface area contributed by atoms with Gasteiger partial charge in [0, 0.05) is 23.2 Å². The molecule has 0 saturated carbocycles. The van der Waals surface area contributed by atoms with Gasteiger partial charge in [0.2, 0.25) is 11.1 Å². The Morgan fingerprint density at radius 1 is 1.36 bits per heavy atom. The van der Waals surface area contributed by atoms with Crippen LogP contribution in [0.25, 0.3) is 11.4 Å². The van der Waals surface area contributed by atoms with Crippen LogP contribution in [0, 0.1) is 0 Å². The van der Waals surface area contributed by atoms with Crippen LogP contribution in [0.5, 0.6) is 0 Å². The number of aromatic nitrogens is 3. The van der Waals surface area contributed by atoms with Crippen LogP contribution in [0.3, 0.4) is 0 Å². The summed E-state index contributed by atoms with van der Waals surface area (Å²) in [5, 5.41) is 9.63. The van der Waals surface area contributed by atoms with E-state index in [-0.39, 0.29) is 11.7 Å². The number of hydrogen-bond acceptors (Lipinski definition) is 5. The fourth-order valence-corrected chi connectivity index (χ4v) is 4.14. The molecule has 0 spiro atoms. The standard InChI is InChI=1S/C16H19Cl2N5OS/c1-10-4-2-3-7-22(10)14(24)9-25-16-21-20-15(23(16)19)12-6-5-11(17)8-13(12)18/h5-6,8,10H,2-4,7,9,19H2,1H3/t10-/m0/s1. The lowest BCUT2D eigenvalue weighted by molar-refractivity contribution is -0.131. The van der Waals surface area contributed by atoms with Gasteiger partial charge in [-0.3, -0.25) is 4.79 Å². The van der Waals surface area contributed by atoms with E-state index in [4.69, 9.17) is 29.0 Å². The van der Waals surface area contributed by atoms with Gasteiger partial charge in [-0.05, 0) is 44.4 Å². The van der Waals surface area contributed by atoms with Crippen LogP contribution < -0.4 is 5.84 Å². The molecule has 1 aliphatic rings. The highest BCUT2D eigenvalue weighted by Crippen LogP contribution is 2.30. The average molecular weight is 400 g/mol. The number of likely N-dealkylation sites (tertiary alicyclic amines) is 1. The third kappa shape index (κ3) is 4.04. The summed E-state index contributed by atoms with van der Waals surface area (Å²) in [6.07, 6.45) is 3.30. The van der Waals surface area contributed by atoms with Crippen LogP contribution in [0.2, 0.25) is 10.0 Å². The first kappa shape index (κ1) is 18.4. The number of thioether (sulfide) groups is 1. The first-order valence-electron chi connectivity index (χ1n) is 8.05. The number of carbonyl (C=O) groups excluding carboxylic acids is 1. The first-order chi connectivity index (χ1) is 12.0. The maximum absolute atomic E-state index is 12.4. The van der Waals surface area contributed by atoms with E-state index in [9.17, 15) is 4.79 Å². The maximum Gasteiger partial charge on any atom is 0.233 e. The highest BCUT2D eigenvalue weighted by Gasteiger charge is 2.24. The normalized spacial score (nSPS) is 17.7. The van der Waals surface area contributed by atoms with Gasteiger partial charge in [0.25, 0.3) is 0 Å². The summed E-state index contributed by atoms with van der Waals surface area (Å²) in [6.45, 7) is 2.91. The quantitative estimate of drug-likeness (QED) is 0.628. The molecule has 0 radical (unpaired) electrons. The third-order valence-corrected chi connectivity index (χ3v) is 5.76. The monoisotopic (exact) mass is 399 g/mol. The molecular weight excluding hydrogens is 381 g/mol. The van der Waals surface area contributed by atoms with Crippen LogP contribution in [0.4, 0.5) is 0 Å². The van der Waals surface area contributed by atoms with Gasteiger partial charge < -0.3 is 10.7 Å². The van der Waals surface area contributed by atoms with E-state index in [0.717, 1.165) is 19.4 Å². The molecule has 6 nitrogen and oxygen atoms in total. The summed E-state index contributed by atoms with van der Waals surface area (Å²) in [5.74, 6) is 6.91. The SMILES string of the molecule is C[C@H]1CCCCN1C(=O)CSc1nnc(-c2ccc(Cl)cc2Cl)n1N. The molecule has 1 aromatic carbocycles. The van der Waals surface area contributed by atoms with Crippen LogP contribution in [-0.2, 0) is 4.79 Å². The minimum absolute atomic E-state index is 0.103. The summed E-state index contributed by atoms with van der Waals surface area (Å²) in [4.78, 5) is 14.4. The van der Waals surface area contributed by atoms with Crippen molar-refractivity contribution >= 4 is 40.9 Å². The Hall–Kier alpha value is -1.44. The molecule has 2 aromatic rings. The molecule has 2 heterocycles. The van der Waals surface area contributed by atoms with Crippen molar-refractivity contribution in [2.24, 2.45) is 0 Å². The Balaban J connectivity index is 1.70. The number of halogens is 2. The highest BCUT2D eigenvalue weighted by atomic mass is 35.5. The number of benzene rings is 1. The molecule has 1 saturated heterocycles. The van der Waals surface area contributed by atoms with Crippen molar-refractivity contribution in [2.45, 2.75) is 37.4 Å². The van der Waals surface area contributed by atoms with Crippen LogP contribution in [-0.4, -0.2) is 44.0 Å². The van der Waals surface area contributed by atoms with Gasteiger partial charge in [0.15, 0.2) is 5.82 Å². The molecule has 0 aliphatic carbocycles. The molecule has 25 heavy (non-hydrogen) atoms. The first-order valence-corrected chi connectivity index (χ1v) is 9.79. The molecule has 1 fully saturated rings. The molecule has 9 heteroatoms. The largest absolute Gasteiger partial charge is 0.339 e. The lowest BCUT2D eigenvalue weighted by Crippen LogP contribution is -2.43. The molecule has 0 bridgehead atoms. The van der Waals surface area contributed by atoms with Gasteiger partial charge in [-0.2, -0.15) is 0 Å². The Kier molecular flexibility index (Phi) is 5.76. The summed E-state index contributed by atoms with van der Waals surface area (Å²) in [7, 11) is 0. The number of nitrogens with zero attached hydrogens (tertiary/aromatic N) is 4. The zero-order chi connectivity index (χ0) is 18.0. The van der Waals surface area contributed by atoms with Crippen molar-refractivity contribution in [2.75, 3.05) is 18.1 Å². The van der Waals surface area contributed by atoms with E-state index in [1.807, 2.05) is 4.90 Å². The summed E-state index contributed by atoms with van der Waals surface area (Å²) >= 11 is 13.4. The van der Waals surface area contributed by atoms with Gasteiger partial charge in [-0.25, -0.2) is 4.68 Å². The number of nitrogens with two attached hydrogens (primary N) is 1. The minimum Gasteiger partial charge on any atom is -0.339 e. The van der Waals surface area contributed by atoms with E-state index in [1.54, 1.807) is 18.2 Å². The highest BCUT2D eigenvalue weighted by molar-refractivity contribution is 7.99. The van der Waals surface area contributed by atoms with Crippen molar-refractivity contribution in [3.63, 3.8) is 0 Å². The minimum atomic E-state index is 0.103. The van der Waals surface area contributed by atoms with Crippen molar-refractivity contribution in [1.29, 1.82) is 0 Å². The average Bonchev–Trinajstić information content (AvgIpc) is 2.94. The van der Waals surface area contributed by atoms with E-state index in [2.05, 4.69) is 17.1 Å². The smallest absolute Gasteiger partial charge is 0.233 e. The van der Waals surface area contributed by atoms with Crippen LogP contribution >= 0.6 is 35.0 Å². The number of amides is 1. The van der Waals surface area contributed by atoms with Gasteiger partial charge >= 0.3 is 0 Å². The van der Waals surface area contributed by atoms with Crippen LogP contribution in [0.1, 0.15) is 26.2 Å². The molecule has 0 unspecified atom stereocenters. The molecule has 1 aliphatic heterocycles. The molecule has 1 atom stereocenters. The van der Waals surface area contributed by atoms with Gasteiger partial charge in [-0.15, -0.1) is 10.2 Å². The van der Waals surface area contributed by atoms with Crippen LogP contribution in [0.15, 0.2) is 23.4 Å². The number of carbonyl (C=O) groups is 1. The van der Waals surface area contributed by atoms with E-state index >= 15 is 0 Å². The zero-order valence-electron chi connectivity index (χ0n) is 13.8. The molecule has 134 valence electrons. The van der Waals surface area contributed by atoms with Gasteiger partial charge in [0.1, 0.15) is 0 Å². The number of hydrogen-bond donors (Lipinski definition) is 1. The molecule has 1 aromatic heterocycles. The second kappa shape index (κ2) is 7.85. The lowest BCUT2D eigenvalue weighted by atomic mass is 10.0. The fraction of sp³-hybridized carbons (Fsp3) is 0.438. The zero-order valence-corrected chi connectivity index (χ0v) is 16.1. The summed E-state index contributed by atoms with van der Waals surface area (Å²) in [5.41, 5.74) is 0.642. The number of nitrogen functional groups attached to an aromatic ring is 1. The molecular formula is C16H19Cl2N5OS. The fourth-order valence-electron chi connectivity index (χ4n) is 2.91.